The number of pyridine rings is 1. The van der Waals surface area contributed by atoms with Gasteiger partial charge in [-0.3, -0.25) is 9.69 Å². The molecule has 1 fully saturated rings. The lowest BCUT2D eigenvalue weighted by atomic mass is 10.1. The van der Waals surface area contributed by atoms with E-state index in [0.29, 0.717) is 11.4 Å². The number of carbonyl (C=O) groups is 1. The summed E-state index contributed by atoms with van der Waals surface area (Å²) in [4.78, 5) is 18.8. The molecule has 0 bridgehead atoms. The van der Waals surface area contributed by atoms with Gasteiger partial charge in [0.1, 0.15) is 5.82 Å². The highest BCUT2D eigenvalue weighted by Gasteiger charge is 2.12. The molecule has 3 rings (SSSR count). The summed E-state index contributed by atoms with van der Waals surface area (Å²) in [6, 6.07) is 13.2. The van der Waals surface area contributed by atoms with Crippen molar-refractivity contribution in [1.29, 1.82) is 0 Å². The zero-order valence-electron chi connectivity index (χ0n) is 12.5. The van der Waals surface area contributed by atoms with Crippen LogP contribution in [-0.4, -0.2) is 42.0 Å². The van der Waals surface area contributed by atoms with Crippen molar-refractivity contribution in [3.05, 3.63) is 59.8 Å². The van der Waals surface area contributed by atoms with Crippen LogP contribution >= 0.6 is 0 Å². The predicted octanol–water partition coefficient (Wildman–Crippen LogP) is 1.74. The van der Waals surface area contributed by atoms with Gasteiger partial charge in [-0.25, -0.2) is 4.98 Å². The number of nitrogens with one attached hydrogen (secondary N) is 2. The Balaban J connectivity index is 1.66. The number of aromatic nitrogens is 1. The molecule has 22 heavy (non-hydrogen) atoms. The minimum atomic E-state index is -0.124. The Bertz CT molecular complexity index is 624. The lowest BCUT2D eigenvalue weighted by Crippen LogP contribution is -2.42. The van der Waals surface area contributed by atoms with Gasteiger partial charge >= 0.3 is 0 Å². The second kappa shape index (κ2) is 7.15. The maximum atomic E-state index is 12.3. The van der Waals surface area contributed by atoms with Crippen molar-refractivity contribution in [2.45, 2.75) is 6.54 Å². The van der Waals surface area contributed by atoms with Crippen molar-refractivity contribution in [3.8, 4) is 0 Å². The lowest BCUT2D eigenvalue weighted by Gasteiger charge is -2.27. The number of nitrogens with zero attached hydrogens (tertiary/aromatic N) is 2. The number of anilines is 1. The largest absolute Gasteiger partial charge is 0.314 e. The maximum Gasteiger partial charge on any atom is 0.256 e. The number of amides is 1. The molecule has 1 aliphatic heterocycles. The molecule has 2 aromatic rings. The van der Waals surface area contributed by atoms with E-state index in [1.807, 2.05) is 30.3 Å². The molecule has 1 aromatic carbocycles. The molecule has 5 nitrogen and oxygen atoms in total. The zero-order valence-corrected chi connectivity index (χ0v) is 12.5. The van der Waals surface area contributed by atoms with Gasteiger partial charge in [0, 0.05) is 44.5 Å². The van der Waals surface area contributed by atoms with Crippen LogP contribution in [0.25, 0.3) is 0 Å². The quantitative estimate of drug-likeness (QED) is 0.902. The minimum absolute atomic E-state index is 0.124. The summed E-state index contributed by atoms with van der Waals surface area (Å²) in [5.74, 6) is 0.445. The Kier molecular flexibility index (Phi) is 4.78. The summed E-state index contributed by atoms with van der Waals surface area (Å²) in [7, 11) is 0. The van der Waals surface area contributed by atoms with E-state index in [-0.39, 0.29) is 5.91 Å². The summed E-state index contributed by atoms with van der Waals surface area (Å²) in [6.45, 7) is 5.03. The summed E-state index contributed by atoms with van der Waals surface area (Å²) in [5.41, 5.74) is 1.83. The lowest BCUT2D eigenvalue weighted by molar-refractivity contribution is 0.102. The third-order valence-electron chi connectivity index (χ3n) is 3.71. The summed E-state index contributed by atoms with van der Waals surface area (Å²) >= 11 is 0. The molecule has 0 unspecified atom stereocenters. The molecule has 2 N–H and O–H groups in total. The Morgan fingerprint density at radius 1 is 1.18 bits per heavy atom. The van der Waals surface area contributed by atoms with Gasteiger partial charge in [-0.05, 0) is 29.8 Å². The van der Waals surface area contributed by atoms with Gasteiger partial charge < -0.3 is 10.6 Å². The standard InChI is InChI=1S/C17H20N4O/c22-17(20-16-6-1-2-7-19-16)15-5-3-4-14(12-15)13-21-10-8-18-9-11-21/h1-7,12,18H,8-11,13H2,(H,19,20,22). The number of benzene rings is 1. The monoisotopic (exact) mass is 296 g/mol. The summed E-state index contributed by atoms with van der Waals surface area (Å²) in [6.07, 6.45) is 1.66. The first-order valence-electron chi connectivity index (χ1n) is 7.56. The predicted molar refractivity (Wildman–Crippen MR) is 86.8 cm³/mol. The molecule has 1 aromatic heterocycles. The van der Waals surface area contributed by atoms with E-state index in [1.165, 1.54) is 0 Å². The molecular weight excluding hydrogens is 276 g/mol. The van der Waals surface area contributed by atoms with Crippen LogP contribution in [0, 0.1) is 0 Å². The smallest absolute Gasteiger partial charge is 0.256 e. The van der Waals surface area contributed by atoms with E-state index in [9.17, 15) is 4.79 Å². The molecule has 2 heterocycles. The van der Waals surface area contributed by atoms with Gasteiger partial charge in [-0.15, -0.1) is 0 Å². The second-order valence-electron chi connectivity index (χ2n) is 5.40. The third-order valence-corrected chi connectivity index (χ3v) is 3.71. The van der Waals surface area contributed by atoms with Crippen LogP contribution in [0.15, 0.2) is 48.7 Å². The second-order valence-corrected chi connectivity index (χ2v) is 5.40. The van der Waals surface area contributed by atoms with Crippen LogP contribution in [0.2, 0.25) is 0 Å². The molecule has 0 aliphatic carbocycles. The SMILES string of the molecule is O=C(Nc1ccccn1)c1cccc(CN2CCNCC2)c1. The fourth-order valence-electron chi connectivity index (χ4n) is 2.56. The molecule has 1 aliphatic rings. The Hall–Kier alpha value is -2.24. The highest BCUT2D eigenvalue weighted by atomic mass is 16.1. The molecule has 0 radical (unpaired) electrons. The fraction of sp³-hybridized carbons (Fsp3) is 0.294. The average molecular weight is 296 g/mol. The normalized spacial score (nSPS) is 15.5. The molecule has 0 atom stereocenters. The number of rotatable bonds is 4. The van der Waals surface area contributed by atoms with E-state index in [1.54, 1.807) is 12.3 Å². The average Bonchev–Trinajstić information content (AvgIpc) is 2.57. The van der Waals surface area contributed by atoms with Crippen molar-refractivity contribution in [3.63, 3.8) is 0 Å². The molecule has 5 heteroatoms. The van der Waals surface area contributed by atoms with Crippen molar-refractivity contribution in [2.24, 2.45) is 0 Å². The van der Waals surface area contributed by atoms with Gasteiger partial charge in [0.05, 0.1) is 0 Å². The van der Waals surface area contributed by atoms with Crippen LogP contribution in [0.4, 0.5) is 5.82 Å². The molecule has 1 amide bonds. The first-order valence-corrected chi connectivity index (χ1v) is 7.56. The first-order chi connectivity index (χ1) is 10.8. The van der Waals surface area contributed by atoms with Crippen molar-refractivity contribution in [1.82, 2.24) is 15.2 Å². The van der Waals surface area contributed by atoms with E-state index in [4.69, 9.17) is 0 Å². The van der Waals surface area contributed by atoms with E-state index >= 15 is 0 Å². The fourth-order valence-corrected chi connectivity index (χ4v) is 2.56. The number of piperazine rings is 1. The minimum Gasteiger partial charge on any atom is -0.314 e. The Morgan fingerprint density at radius 2 is 2.05 bits per heavy atom. The number of carbonyl (C=O) groups excluding carboxylic acids is 1. The van der Waals surface area contributed by atoms with Gasteiger partial charge in [0.15, 0.2) is 0 Å². The van der Waals surface area contributed by atoms with Gasteiger partial charge in [0.25, 0.3) is 5.91 Å². The first kappa shape index (κ1) is 14.7. The van der Waals surface area contributed by atoms with Gasteiger partial charge in [0.2, 0.25) is 0 Å². The van der Waals surface area contributed by atoms with Crippen LogP contribution in [0.1, 0.15) is 15.9 Å². The summed E-state index contributed by atoms with van der Waals surface area (Å²) in [5, 5.41) is 6.16. The van der Waals surface area contributed by atoms with E-state index in [2.05, 4.69) is 26.6 Å². The Morgan fingerprint density at radius 3 is 2.82 bits per heavy atom. The third kappa shape index (κ3) is 3.90. The summed E-state index contributed by atoms with van der Waals surface area (Å²) < 4.78 is 0. The molecule has 114 valence electrons. The van der Waals surface area contributed by atoms with E-state index in [0.717, 1.165) is 38.3 Å². The topological polar surface area (TPSA) is 57.3 Å². The number of hydrogen-bond acceptors (Lipinski definition) is 4. The van der Waals surface area contributed by atoms with Gasteiger partial charge in [-0.2, -0.15) is 0 Å². The highest BCUT2D eigenvalue weighted by molar-refractivity contribution is 6.03. The zero-order chi connectivity index (χ0) is 15.2. The molecule has 1 saturated heterocycles. The van der Waals surface area contributed by atoms with Gasteiger partial charge in [-0.1, -0.05) is 18.2 Å². The van der Waals surface area contributed by atoms with E-state index < -0.39 is 0 Å². The van der Waals surface area contributed by atoms with Crippen LogP contribution in [0.5, 0.6) is 0 Å². The van der Waals surface area contributed by atoms with Crippen molar-refractivity contribution in [2.75, 3.05) is 31.5 Å². The van der Waals surface area contributed by atoms with Crippen LogP contribution < -0.4 is 10.6 Å². The van der Waals surface area contributed by atoms with Crippen molar-refractivity contribution < 1.29 is 4.79 Å². The van der Waals surface area contributed by atoms with Crippen molar-refractivity contribution >= 4 is 11.7 Å². The number of hydrogen-bond donors (Lipinski definition) is 2. The molecule has 0 spiro atoms. The maximum absolute atomic E-state index is 12.3. The van der Waals surface area contributed by atoms with Crippen LogP contribution in [-0.2, 0) is 6.54 Å². The molecular formula is C17H20N4O. The van der Waals surface area contributed by atoms with Crippen LogP contribution in [0.3, 0.4) is 0 Å². The highest BCUT2D eigenvalue weighted by Crippen LogP contribution is 2.11. The molecule has 0 saturated carbocycles. The Labute approximate surface area is 130 Å².